The number of anilines is 4. The summed E-state index contributed by atoms with van der Waals surface area (Å²) in [6, 6.07) is 10.7. The third-order valence-corrected chi connectivity index (χ3v) is 4.33. The first kappa shape index (κ1) is 18.0. The summed E-state index contributed by atoms with van der Waals surface area (Å²) >= 11 is 6.11. The van der Waals surface area contributed by atoms with E-state index in [4.69, 9.17) is 16.3 Å². The molecule has 4 rings (SSSR count). The van der Waals surface area contributed by atoms with Crippen LogP contribution in [0.4, 0.5) is 27.5 Å². The molecule has 0 fully saturated rings. The Labute approximate surface area is 165 Å². The molecule has 0 radical (unpaired) electrons. The van der Waals surface area contributed by atoms with E-state index in [-0.39, 0.29) is 11.8 Å². The molecule has 0 spiro atoms. The van der Waals surface area contributed by atoms with Gasteiger partial charge in [0.05, 0.1) is 23.8 Å². The predicted octanol–water partition coefficient (Wildman–Crippen LogP) is 4.65. The van der Waals surface area contributed by atoms with Crippen LogP contribution in [0.2, 0.25) is 5.02 Å². The van der Waals surface area contributed by atoms with E-state index in [0.717, 1.165) is 22.8 Å². The summed E-state index contributed by atoms with van der Waals surface area (Å²) in [7, 11) is 3.39. The minimum Gasteiger partial charge on any atom is -0.495 e. The minimum atomic E-state index is -0.585. The Morgan fingerprint density at radius 2 is 1.89 bits per heavy atom. The van der Waals surface area contributed by atoms with Crippen LogP contribution >= 0.6 is 11.6 Å². The maximum absolute atomic E-state index is 14.2. The normalized spacial score (nSPS) is 10.9. The first-order valence-electron chi connectivity index (χ1n) is 8.35. The molecule has 0 bridgehead atoms. The molecule has 0 aliphatic heterocycles. The predicted molar refractivity (Wildman–Crippen MR) is 107 cm³/mol. The van der Waals surface area contributed by atoms with Gasteiger partial charge >= 0.3 is 0 Å². The number of hydrogen-bond acceptors (Lipinski definition) is 6. The molecule has 28 heavy (non-hydrogen) atoms. The van der Waals surface area contributed by atoms with E-state index in [2.05, 4.69) is 25.7 Å². The van der Waals surface area contributed by atoms with Gasteiger partial charge in [0, 0.05) is 30.0 Å². The van der Waals surface area contributed by atoms with Crippen molar-refractivity contribution in [1.82, 2.24) is 19.7 Å². The fourth-order valence-corrected chi connectivity index (χ4v) is 3.00. The topological polar surface area (TPSA) is 76.9 Å². The number of aryl methyl sites for hydroxylation is 1. The Hall–Kier alpha value is -3.39. The molecule has 2 aromatic carbocycles. The quantitative estimate of drug-likeness (QED) is 0.509. The van der Waals surface area contributed by atoms with Crippen molar-refractivity contribution in [3.63, 3.8) is 0 Å². The van der Waals surface area contributed by atoms with Gasteiger partial charge in [-0.05, 0) is 36.4 Å². The average molecular weight is 399 g/mol. The number of aromatic nitrogens is 4. The molecule has 7 nitrogen and oxygen atoms in total. The minimum absolute atomic E-state index is 0.0256. The zero-order chi connectivity index (χ0) is 19.7. The average Bonchev–Trinajstić information content (AvgIpc) is 3.04. The standard InChI is InChI=1S/C19H16ClFN6O/c1-27-10-11-3-4-13(8-16(11)26-27)24-19-22-9-15(21)18(25-19)23-12-5-6-17(28-2)14(20)7-12/h3-10H,1-2H3,(H2,22,23,24,25). The van der Waals surface area contributed by atoms with Crippen molar-refractivity contribution in [2.75, 3.05) is 17.7 Å². The summed E-state index contributed by atoms with van der Waals surface area (Å²) in [5.41, 5.74) is 2.15. The molecular weight excluding hydrogens is 383 g/mol. The monoisotopic (exact) mass is 398 g/mol. The maximum atomic E-state index is 14.2. The van der Waals surface area contributed by atoms with Gasteiger partial charge < -0.3 is 15.4 Å². The van der Waals surface area contributed by atoms with Crippen LogP contribution in [-0.4, -0.2) is 26.9 Å². The fraction of sp³-hybridized carbons (Fsp3) is 0.105. The molecule has 2 aromatic heterocycles. The lowest BCUT2D eigenvalue weighted by atomic mass is 10.2. The molecule has 2 N–H and O–H groups in total. The Morgan fingerprint density at radius 3 is 2.68 bits per heavy atom. The molecule has 4 aromatic rings. The lowest BCUT2D eigenvalue weighted by Gasteiger charge is -2.11. The third-order valence-electron chi connectivity index (χ3n) is 4.04. The lowest BCUT2D eigenvalue weighted by Crippen LogP contribution is -2.03. The maximum Gasteiger partial charge on any atom is 0.229 e. The van der Waals surface area contributed by atoms with Gasteiger partial charge in [0.1, 0.15) is 5.75 Å². The number of halogens is 2. The molecule has 0 saturated carbocycles. The van der Waals surface area contributed by atoms with Gasteiger partial charge in [-0.25, -0.2) is 9.37 Å². The van der Waals surface area contributed by atoms with Crippen molar-refractivity contribution < 1.29 is 9.13 Å². The van der Waals surface area contributed by atoms with Crippen molar-refractivity contribution in [3.05, 3.63) is 59.6 Å². The number of methoxy groups -OCH3 is 1. The van der Waals surface area contributed by atoms with E-state index in [0.29, 0.717) is 16.5 Å². The highest BCUT2D eigenvalue weighted by Crippen LogP contribution is 2.29. The smallest absolute Gasteiger partial charge is 0.229 e. The van der Waals surface area contributed by atoms with Gasteiger partial charge in [0.25, 0.3) is 0 Å². The molecule has 0 atom stereocenters. The van der Waals surface area contributed by atoms with Gasteiger partial charge in [-0.2, -0.15) is 10.1 Å². The highest BCUT2D eigenvalue weighted by Gasteiger charge is 2.10. The second-order valence-corrected chi connectivity index (χ2v) is 6.47. The SMILES string of the molecule is COc1ccc(Nc2nc(Nc3ccc4cn(C)nc4c3)ncc2F)cc1Cl. The number of ether oxygens (including phenoxy) is 1. The number of rotatable bonds is 5. The van der Waals surface area contributed by atoms with Gasteiger partial charge in [0.2, 0.25) is 5.95 Å². The first-order valence-corrected chi connectivity index (χ1v) is 8.73. The van der Waals surface area contributed by atoms with Crippen LogP contribution in [-0.2, 0) is 7.05 Å². The second kappa shape index (κ2) is 7.32. The van der Waals surface area contributed by atoms with Crippen LogP contribution in [0.25, 0.3) is 10.9 Å². The van der Waals surface area contributed by atoms with Gasteiger partial charge in [-0.1, -0.05) is 11.6 Å². The van der Waals surface area contributed by atoms with Gasteiger partial charge in [-0.3, -0.25) is 4.68 Å². The highest BCUT2D eigenvalue weighted by atomic mass is 35.5. The first-order chi connectivity index (χ1) is 13.5. The molecule has 0 aliphatic carbocycles. The Bertz CT molecular complexity index is 1160. The number of hydrogen-bond donors (Lipinski definition) is 2. The summed E-state index contributed by atoms with van der Waals surface area (Å²) in [6.45, 7) is 0. The Morgan fingerprint density at radius 1 is 1.11 bits per heavy atom. The third kappa shape index (κ3) is 3.67. The zero-order valence-electron chi connectivity index (χ0n) is 15.1. The molecule has 142 valence electrons. The molecule has 0 amide bonds. The van der Waals surface area contributed by atoms with Crippen molar-refractivity contribution >= 4 is 45.6 Å². The zero-order valence-corrected chi connectivity index (χ0v) is 15.8. The molecular formula is C19H16ClFN6O. The van der Waals surface area contributed by atoms with Crippen LogP contribution < -0.4 is 15.4 Å². The number of benzene rings is 2. The van der Waals surface area contributed by atoms with Crippen molar-refractivity contribution in [1.29, 1.82) is 0 Å². The number of fused-ring (bicyclic) bond motifs is 1. The molecule has 9 heteroatoms. The molecule has 0 unspecified atom stereocenters. The summed E-state index contributed by atoms with van der Waals surface area (Å²) in [6.07, 6.45) is 3.03. The van der Waals surface area contributed by atoms with Crippen LogP contribution in [0.15, 0.2) is 48.8 Å². The lowest BCUT2D eigenvalue weighted by molar-refractivity contribution is 0.415. The van der Waals surface area contributed by atoms with E-state index in [1.54, 1.807) is 22.9 Å². The fourth-order valence-electron chi connectivity index (χ4n) is 2.74. The van der Waals surface area contributed by atoms with Crippen LogP contribution in [0.5, 0.6) is 5.75 Å². The Kier molecular flexibility index (Phi) is 4.70. The van der Waals surface area contributed by atoms with E-state index in [1.165, 1.54) is 7.11 Å². The van der Waals surface area contributed by atoms with E-state index in [1.807, 2.05) is 31.4 Å². The van der Waals surface area contributed by atoms with Crippen LogP contribution in [0, 0.1) is 5.82 Å². The highest BCUT2D eigenvalue weighted by molar-refractivity contribution is 6.32. The summed E-state index contributed by atoms with van der Waals surface area (Å²) in [4.78, 5) is 8.21. The molecule has 2 heterocycles. The van der Waals surface area contributed by atoms with Crippen molar-refractivity contribution in [3.8, 4) is 5.75 Å². The van der Waals surface area contributed by atoms with Gasteiger partial charge in [-0.15, -0.1) is 0 Å². The van der Waals surface area contributed by atoms with E-state index < -0.39 is 5.82 Å². The number of nitrogens with zero attached hydrogens (tertiary/aromatic N) is 4. The Balaban J connectivity index is 1.58. The molecule has 0 aliphatic rings. The summed E-state index contributed by atoms with van der Waals surface area (Å²) < 4.78 is 21.0. The summed E-state index contributed by atoms with van der Waals surface area (Å²) in [5, 5.41) is 11.8. The molecule has 0 saturated heterocycles. The van der Waals surface area contributed by atoms with E-state index in [9.17, 15) is 4.39 Å². The van der Waals surface area contributed by atoms with Crippen molar-refractivity contribution in [2.45, 2.75) is 0 Å². The largest absolute Gasteiger partial charge is 0.495 e. The second-order valence-electron chi connectivity index (χ2n) is 6.07. The number of nitrogens with one attached hydrogen (secondary N) is 2. The van der Waals surface area contributed by atoms with Crippen molar-refractivity contribution in [2.24, 2.45) is 7.05 Å². The van der Waals surface area contributed by atoms with Crippen LogP contribution in [0.3, 0.4) is 0 Å². The summed E-state index contributed by atoms with van der Waals surface area (Å²) in [5.74, 6) is 0.219. The van der Waals surface area contributed by atoms with Crippen LogP contribution in [0.1, 0.15) is 0 Å². The van der Waals surface area contributed by atoms with Gasteiger partial charge in [0.15, 0.2) is 11.6 Å². The van der Waals surface area contributed by atoms with E-state index >= 15 is 0 Å².